The van der Waals surface area contributed by atoms with Crippen molar-refractivity contribution < 1.29 is 4.74 Å². The topological polar surface area (TPSA) is 93.0 Å². The zero-order chi connectivity index (χ0) is 12.1. The molecule has 1 aromatic heterocycles. The van der Waals surface area contributed by atoms with Crippen molar-refractivity contribution in [3.8, 4) is 0 Å². The smallest absolute Gasteiger partial charge is 0.276 e. The van der Waals surface area contributed by atoms with Gasteiger partial charge in [0, 0.05) is 13.2 Å². The number of rotatable bonds is 4. The van der Waals surface area contributed by atoms with Crippen molar-refractivity contribution in [1.82, 2.24) is 9.97 Å². The highest BCUT2D eigenvalue weighted by atomic mass is 16.5. The number of nitrogen functional groups attached to an aromatic ring is 1. The number of aromatic nitrogens is 2. The Morgan fingerprint density at radius 2 is 2.47 bits per heavy atom. The molecule has 6 nitrogen and oxygen atoms in total. The van der Waals surface area contributed by atoms with Crippen molar-refractivity contribution in [2.45, 2.75) is 31.8 Å². The van der Waals surface area contributed by atoms with Crippen LogP contribution >= 0.6 is 0 Å². The Morgan fingerprint density at radius 1 is 1.59 bits per heavy atom. The SMILES string of the molecule is Nc1c(NCCC2CCCCO2)nc[nH]c1=O. The van der Waals surface area contributed by atoms with E-state index in [2.05, 4.69) is 15.3 Å². The summed E-state index contributed by atoms with van der Waals surface area (Å²) >= 11 is 0. The van der Waals surface area contributed by atoms with E-state index < -0.39 is 0 Å². The first-order valence-electron chi connectivity index (χ1n) is 5.96. The van der Waals surface area contributed by atoms with E-state index in [0.717, 1.165) is 25.9 Å². The molecule has 0 aliphatic carbocycles. The van der Waals surface area contributed by atoms with Crippen LogP contribution in [0.3, 0.4) is 0 Å². The number of hydrogen-bond acceptors (Lipinski definition) is 5. The van der Waals surface area contributed by atoms with Crippen molar-refractivity contribution in [2.75, 3.05) is 24.2 Å². The summed E-state index contributed by atoms with van der Waals surface area (Å²) < 4.78 is 5.61. The molecule has 17 heavy (non-hydrogen) atoms. The molecule has 0 amide bonds. The van der Waals surface area contributed by atoms with Crippen LogP contribution in [0.5, 0.6) is 0 Å². The Kier molecular flexibility index (Phi) is 3.98. The van der Waals surface area contributed by atoms with E-state index in [0.29, 0.717) is 18.5 Å². The largest absolute Gasteiger partial charge is 0.391 e. The average Bonchev–Trinajstić information content (AvgIpc) is 2.36. The zero-order valence-corrected chi connectivity index (χ0v) is 9.74. The molecule has 0 radical (unpaired) electrons. The molecule has 1 aliphatic rings. The second-order valence-electron chi connectivity index (χ2n) is 4.20. The molecule has 0 saturated carbocycles. The minimum Gasteiger partial charge on any atom is -0.391 e. The molecule has 1 aromatic rings. The second-order valence-corrected chi connectivity index (χ2v) is 4.20. The van der Waals surface area contributed by atoms with Gasteiger partial charge in [-0.1, -0.05) is 0 Å². The molecule has 6 heteroatoms. The van der Waals surface area contributed by atoms with Gasteiger partial charge in [0.1, 0.15) is 5.69 Å². The molecule has 1 unspecified atom stereocenters. The highest BCUT2D eigenvalue weighted by Gasteiger charge is 2.13. The van der Waals surface area contributed by atoms with Gasteiger partial charge < -0.3 is 20.8 Å². The number of ether oxygens (including phenoxy) is 1. The summed E-state index contributed by atoms with van der Waals surface area (Å²) in [6.07, 6.45) is 6.08. The number of nitrogens with two attached hydrogens (primary N) is 1. The van der Waals surface area contributed by atoms with Crippen LogP contribution in [0, 0.1) is 0 Å². The highest BCUT2D eigenvalue weighted by Crippen LogP contribution is 2.16. The molecular formula is C11H18N4O2. The first kappa shape index (κ1) is 11.9. The zero-order valence-electron chi connectivity index (χ0n) is 9.74. The third-order valence-corrected chi connectivity index (χ3v) is 2.92. The molecule has 1 atom stereocenters. The summed E-state index contributed by atoms with van der Waals surface area (Å²) in [7, 11) is 0. The van der Waals surface area contributed by atoms with E-state index in [1.165, 1.54) is 12.7 Å². The van der Waals surface area contributed by atoms with Gasteiger partial charge in [0.2, 0.25) is 0 Å². The van der Waals surface area contributed by atoms with Crippen molar-refractivity contribution in [3.05, 3.63) is 16.7 Å². The Labute approximate surface area is 99.6 Å². The fourth-order valence-electron chi connectivity index (χ4n) is 1.94. The number of H-pyrrole nitrogens is 1. The fourth-order valence-corrected chi connectivity index (χ4v) is 1.94. The summed E-state index contributed by atoms with van der Waals surface area (Å²) in [5.41, 5.74) is 5.43. The van der Waals surface area contributed by atoms with Gasteiger partial charge in [0.15, 0.2) is 5.82 Å². The minimum absolute atomic E-state index is 0.136. The van der Waals surface area contributed by atoms with Crippen LogP contribution in [0.2, 0.25) is 0 Å². The molecule has 1 aliphatic heterocycles. The van der Waals surface area contributed by atoms with Crippen molar-refractivity contribution in [3.63, 3.8) is 0 Å². The number of hydrogen-bond donors (Lipinski definition) is 3. The normalized spacial score (nSPS) is 20.1. The van der Waals surface area contributed by atoms with Crippen molar-refractivity contribution in [1.29, 1.82) is 0 Å². The Balaban J connectivity index is 1.81. The lowest BCUT2D eigenvalue weighted by Gasteiger charge is -2.22. The molecule has 94 valence electrons. The van der Waals surface area contributed by atoms with E-state index in [1.54, 1.807) is 0 Å². The molecule has 2 rings (SSSR count). The molecular weight excluding hydrogens is 220 g/mol. The Hall–Kier alpha value is -1.56. The van der Waals surface area contributed by atoms with Crippen molar-refractivity contribution in [2.24, 2.45) is 0 Å². The molecule has 1 fully saturated rings. The first-order valence-corrected chi connectivity index (χ1v) is 5.96. The quantitative estimate of drug-likeness (QED) is 0.718. The molecule has 2 heterocycles. The highest BCUT2D eigenvalue weighted by molar-refractivity contribution is 5.58. The van der Waals surface area contributed by atoms with Crippen molar-refractivity contribution >= 4 is 11.5 Å². The summed E-state index contributed by atoms with van der Waals surface area (Å²) in [5, 5.41) is 3.06. The monoisotopic (exact) mass is 238 g/mol. The predicted octanol–water partition coefficient (Wildman–Crippen LogP) is 0.723. The van der Waals surface area contributed by atoms with E-state index >= 15 is 0 Å². The van der Waals surface area contributed by atoms with Gasteiger partial charge in [-0.2, -0.15) is 0 Å². The molecule has 4 N–H and O–H groups in total. The van der Waals surface area contributed by atoms with Crippen LogP contribution in [-0.2, 0) is 4.74 Å². The molecule has 0 bridgehead atoms. The van der Waals surface area contributed by atoms with Crippen LogP contribution in [0.4, 0.5) is 11.5 Å². The fraction of sp³-hybridized carbons (Fsp3) is 0.636. The number of aromatic amines is 1. The van der Waals surface area contributed by atoms with Crippen LogP contribution in [0.25, 0.3) is 0 Å². The van der Waals surface area contributed by atoms with E-state index in [-0.39, 0.29) is 11.2 Å². The maximum absolute atomic E-state index is 11.2. The third kappa shape index (κ3) is 3.20. The van der Waals surface area contributed by atoms with Gasteiger partial charge >= 0.3 is 0 Å². The van der Waals surface area contributed by atoms with Gasteiger partial charge in [-0.25, -0.2) is 4.98 Å². The maximum atomic E-state index is 11.2. The molecule has 0 spiro atoms. The average molecular weight is 238 g/mol. The summed E-state index contributed by atoms with van der Waals surface area (Å²) in [6, 6.07) is 0. The summed E-state index contributed by atoms with van der Waals surface area (Å²) in [5.74, 6) is 0.449. The third-order valence-electron chi connectivity index (χ3n) is 2.92. The number of anilines is 2. The van der Waals surface area contributed by atoms with Gasteiger partial charge in [-0.05, 0) is 25.7 Å². The van der Waals surface area contributed by atoms with Gasteiger partial charge in [-0.3, -0.25) is 4.79 Å². The second kappa shape index (κ2) is 5.67. The molecule has 1 saturated heterocycles. The van der Waals surface area contributed by atoms with Crippen LogP contribution in [0.15, 0.2) is 11.1 Å². The number of nitrogens with one attached hydrogen (secondary N) is 2. The summed E-state index contributed by atoms with van der Waals surface area (Å²) in [6.45, 7) is 1.57. The number of nitrogens with zero attached hydrogens (tertiary/aromatic N) is 1. The Bertz CT molecular complexity index is 412. The lowest BCUT2D eigenvalue weighted by atomic mass is 10.1. The Morgan fingerprint density at radius 3 is 3.24 bits per heavy atom. The van der Waals surface area contributed by atoms with E-state index in [4.69, 9.17) is 10.5 Å². The summed E-state index contributed by atoms with van der Waals surface area (Å²) in [4.78, 5) is 17.6. The predicted molar refractivity (Wildman–Crippen MR) is 66.0 cm³/mol. The lowest BCUT2D eigenvalue weighted by molar-refractivity contribution is 0.0134. The molecule has 0 aromatic carbocycles. The van der Waals surface area contributed by atoms with Crippen LogP contribution in [-0.4, -0.2) is 29.2 Å². The maximum Gasteiger partial charge on any atom is 0.276 e. The van der Waals surface area contributed by atoms with Gasteiger partial charge in [0.05, 0.1) is 12.4 Å². The van der Waals surface area contributed by atoms with Gasteiger partial charge in [-0.15, -0.1) is 0 Å². The van der Waals surface area contributed by atoms with Crippen LogP contribution in [0.1, 0.15) is 25.7 Å². The van der Waals surface area contributed by atoms with Gasteiger partial charge in [0.25, 0.3) is 5.56 Å². The van der Waals surface area contributed by atoms with E-state index in [1.807, 2.05) is 0 Å². The van der Waals surface area contributed by atoms with E-state index in [9.17, 15) is 4.79 Å². The first-order chi connectivity index (χ1) is 8.27. The minimum atomic E-state index is -0.309. The standard InChI is InChI=1S/C11H18N4O2/c12-9-10(14-7-15-11(9)16)13-5-4-8-3-1-2-6-17-8/h7-8H,1-6,12H2,(H2,13,14,15,16). The van der Waals surface area contributed by atoms with Crippen LogP contribution < -0.4 is 16.6 Å². The lowest BCUT2D eigenvalue weighted by Crippen LogP contribution is -2.23.